The number of rotatable bonds is 8. The average Bonchev–Trinajstić information content (AvgIpc) is 2.80. The Bertz CT molecular complexity index is 1340. The average molecular weight is 507 g/mol. The summed E-state index contributed by atoms with van der Waals surface area (Å²) in [5, 5.41) is 3.87. The van der Waals surface area contributed by atoms with Crippen LogP contribution in [-0.4, -0.2) is 27.6 Å². The van der Waals surface area contributed by atoms with E-state index in [1.807, 2.05) is 0 Å². The highest BCUT2D eigenvalue weighted by Crippen LogP contribution is 2.30. The second-order valence-corrected chi connectivity index (χ2v) is 8.97. The molecule has 3 aromatic carbocycles. The van der Waals surface area contributed by atoms with Gasteiger partial charge in [0.05, 0.1) is 25.3 Å². The number of aryl methyl sites for hydroxylation is 1. The van der Waals surface area contributed by atoms with E-state index in [-0.39, 0.29) is 17.7 Å². The number of carbonyl (C=O) groups excluding carboxylic acids is 1. The lowest BCUT2D eigenvalue weighted by Gasteiger charge is -2.11. The van der Waals surface area contributed by atoms with Gasteiger partial charge in [0.25, 0.3) is 0 Å². The minimum Gasteiger partial charge on any atom is -0.497 e. The van der Waals surface area contributed by atoms with E-state index < -0.39 is 32.7 Å². The third-order valence-electron chi connectivity index (χ3n) is 4.73. The molecule has 0 saturated carbocycles. The van der Waals surface area contributed by atoms with Crippen LogP contribution in [0.3, 0.4) is 0 Å². The highest BCUT2D eigenvalue weighted by atomic mass is 32.2. The molecule has 0 saturated heterocycles. The molecular formula is C24H21F3N2O5S. The maximum Gasteiger partial charge on any atom is 0.416 e. The zero-order valence-electron chi connectivity index (χ0n) is 18.7. The summed E-state index contributed by atoms with van der Waals surface area (Å²) in [6.45, 7) is 1.76. The number of methoxy groups -OCH3 is 1. The van der Waals surface area contributed by atoms with Crippen LogP contribution in [0.1, 0.15) is 22.3 Å². The van der Waals surface area contributed by atoms with Crippen LogP contribution in [0, 0.1) is 6.92 Å². The van der Waals surface area contributed by atoms with Gasteiger partial charge in [-0.25, -0.2) is 5.43 Å². The van der Waals surface area contributed by atoms with Crippen molar-refractivity contribution in [2.75, 3.05) is 7.11 Å². The van der Waals surface area contributed by atoms with E-state index in [0.717, 1.165) is 17.7 Å². The Hall–Kier alpha value is -3.86. The van der Waals surface area contributed by atoms with Gasteiger partial charge in [0.1, 0.15) is 10.6 Å². The first kappa shape index (κ1) is 25.8. The Balaban J connectivity index is 1.73. The van der Waals surface area contributed by atoms with E-state index in [1.165, 1.54) is 19.4 Å². The summed E-state index contributed by atoms with van der Waals surface area (Å²) >= 11 is 0. The Morgan fingerprint density at radius 2 is 1.77 bits per heavy atom. The fourth-order valence-corrected chi connectivity index (χ4v) is 3.96. The van der Waals surface area contributed by atoms with Gasteiger partial charge < -0.3 is 8.92 Å². The minimum atomic E-state index is -4.60. The summed E-state index contributed by atoms with van der Waals surface area (Å²) in [4.78, 5) is 11.7. The van der Waals surface area contributed by atoms with E-state index >= 15 is 0 Å². The summed E-state index contributed by atoms with van der Waals surface area (Å²) < 4.78 is 73.8. The summed E-state index contributed by atoms with van der Waals surface area (Å²) in [5.41, 5.74) is 3.08. The van der Waals surface area contributed by atoms with Gasteiger partial charge >= 0.3 is 16.3 Å². The number of nitrogens with one attached hydrogen (secondary N) is 1. The highest BCUT2D eigenvalue weighted by molar-refractivity contribution is 7.87. The van der Waals surface area contributed by atoms with Gasteiger partial charge in [0.2, 0.25) is 5.91 Å². The predicted octanol–water partition coefficient (Wildman–Crippen LogP) is 4.48. The first-order chi connectivity index (χ1) is 16.5. The van der Waals surface area contributed by atoms with Crippen molar-refractivity contribution in [2.45, 2.75) is 24.4 Å². The molecular weight excluding hydrogens is 485 g/mol. The Morgan fingerprint density at radius 1 is 1.06 bits per heavy atom. The van der Waals surface area contributed by atoms with Crippen molar-refractivity contribution in [3.63, 3.8) is 0 Å². The number of alkyl halides is 3. The molecule has 0 atom stereocenters. The number of halogens is 3. The van der Waals surface area contributed by atoms with Gasteiger partial charge in [0.15, 0.2) is 5.75 Å². The van der Waals surface area contributed by atoms with Crippen molar-refractivity contribution in [1.29, 1.82) is 0 Å². The van der Waals surface area contributed by atoms with Crippen LogP contribution >= 0.6 is 0 Å². The van der Waals surface area contributed by atoms with E-state index in [0.29, 0.717) is 23.4 Å². The zero-order valence-corrected chi connectivity index (χ0v) is 19.5. The molecule has 0 bridgehead atoms. The molecule has 1 N–H and O–H groups in total. The molecule has 3 aromatic rings. The number of hydrogen-bond donors (Lipinski definition) is 1. The normalized spacial score (nSPS) is 11.9. The first-order valence-electron chi connectivity index (χ1n) is 10.2. The Labute approximate surface area is 200 Å². The van der Waals surface area contributed by atoms with Crippen LogP contribution in [-0.2, 0) is 27.5 Å². The standard InChI is InChI=1S/C24H21F3N2O5S/c1-16-6-11-22(34-35(31,32)21-9-7-19(8-10-21)24(25,26)27)18(12-16)15-28-29-23(30)14-17-4-3-5-20(13-17)33-2/h3-13,15H,14H2,1-2H3,(H,29,30). The maximum atomic E-state index is 12.8. The smallest absolute Gasteiger partial charge is 0.416 e. The van der Waals surface area contributed by atoms with Gasteiger partial charge in [-0.1, -0.05) is 23.8 Å². The quantitative estimate of drug-likeness (QED) is 0.276. The molecule has 0 radical (unpaired) electrons. The van der Waals surface area contributed by atoms with Crippen LogP contribution in [0.4, 0.5) is 13.2 Å². The van der Waals surface area contributed by atoms with Gasteiger partial charge in [-0.2, -0.15) is 26.7 Å². The van der Waals surface area contributed by atoms with Crippen LogP contribution < -0.4 is 14.3 Å². The van der Waals surface area contributed by atoms with Crippen LogP contribution in [0.15, 0.2) is 76.7 Å². The van der Waals surface area contributed by atoms with Gasteiger partial charge in [-0.3, -0.25) is 4.79 Å². The molecule has 3 rings (SSSR count). The summed E-state index contributed by atoms with van der Waals surface area (Å²) in [6.07, 6.45) is -3.34. The van der Waals surface area contributed by atoms with Crippen molar-refractivity contribution in [3.8, 4) is 11.5 Å². The van der Waals surface area contributed by atoms with E-state index in [1.54, 1.807) is 43.3 Å². The van der Waals surface area contributed by atoms with Gasteiger partial charge in [-0.15, -0.1) is 0 Å². The topological polar surface area (TPSA) is 94.1 Å². The largest absolute Gasteiger partial charge is 0.497 e. The molecule has 0 aliphatic carbocycles. The number of hydrazone groups is 1. The van der Waals surface area contributed by atoms with Crippen molar-refractivity contribution in [3.05, 3.63) is 89.0 Å². The van der Waals surface area contributed by atoms with E-state index in [9.17, 15) is 26.4 Å². The lowest BCUT2D eigenvalue weighted by molar-refractivity contribution is -0.137. The number of ether oxygens (including phenoxy) is 1. The summed E-state index contributed by atoms with van der Waals surface area (Å²) in [5.74, 6) is 0.0814. The second-order valence-electron chi connectivity index (χ2n) is 7.42. The van der Waals surface area contributed by atoms with Crippen LogP contribution in [0.5, 0.6) is 11.5 Å². The van der Waals surface area contributed by atoms with Crippen molar-refractivity contribution >= 4 is 22.2 Å². The number of hydrogen-bond acceptors (Lipinski definition) is 6. The molecule has 0 spiro atoms. The molecule has 0 unspecified atom stereocenters. The molecule has 7 nitrogen and oxygen atoms in total. The fourth-order valence-electron chi connectivity index (χ4n) is 3.00. The highest BCUT2D eigenvalue weighted by Gasteiger charge is 2.31. The molecule has 184 valence electrons. The van der Waals surface area contributed by atoms with E-state index in [4.69, 9.17) is 8.92 Å². The van der Waals surface area contributed by atoms with Crippen LogP contribution in [0.2, 0.25) is 0 Å². The summed E-state index contributed by atoms with van der Waals surface area (Å²) in [6, 6.07) is 14.5. The molecule has 1 amide bonds. The van der Waals surface area contributed by atoms with Gasteiger partial charge in [0, 0.05) is 5.56 Å². The molecule has 0 aliphatic heterocycles. The fraction of sp³-hybridized carbons (Fsp3) is 0.167. The van der Waals surface area contributed by atoms with Crippen molar-refractivity contribution < 1.29 is 35.3 Å². The molecule has 35 heavy (non-hydrogen) atoms. The summed E-state index contributed by atoms with van der Waals surface area (Å²) in [7, 11) is -2.91. The molecule has 11 heteroatoms. The molecule has 0 heterocycles. The number of nitrogens with zero attached hydrogens (tertiary/aromatic N) is 1. The lowest BCUT2D eigenvalue weighted by Crippen LogP contribution is -2.20. The van der Waals surface area contributed by atoms with E-state index in [2.05, 4.69) is 10.5 Å². The minimum absolute atomic E-state index is 0.0357. The second kappa shape index (κ2) is 10.6. The van der Waals surface area contributed by atoms with Gasteiger partial charge in [-0.05, 0) is 61.0 Å². The molecule has 0 aliphatic rings. The third-order valence-corrected chi connectivity index (χ3v) is 5.98. The monoisotopic (exact) mass is 506 g/mol. The Morgan fingerprint density at radius 3 is 2.43 bits per heavy atom. The SMILES string of the molecule is COc1cccc(CC(=O)NN=Cc2cc(C)ccc2OS(=O)(=O)c2ccc(C(F)(F)F)cc2)c1. The van der Waals surface area contributed by atoms with Crippen molar-refractivity contribution in [1.82, 2.24) is 5.43 Å². The molecule has 0 fully saturated rings. The third kappa shape index (κ3) is 7.06. The van der Waals surface area contributed by atoms with Crippen molar-refractivity contribution in [2.24, 2.45) is 5.10 Å². The predicted molar refractivity (Wildman–Crippen MR) is 123 cm³/mol. The lowest BCUT2D eigenvalue weighted by atomic mass is 10.1. The number of amides is 1. The molecule has 0 aromatic heterocycles. The van der Waals surface area contributed by atoms with Crippen LogP contribution in [0.25, 0.3) is 0 Å². The first-order valence-corrected chi connectivity index (χ1v) is 11.6. The Kier molecular flexibility index (Phi) is 7.80. The zero-order chi connectivity index (χ0) is 25.6. The number of carbonyl (C=O) groups is 1. The number of benzene rings is 3. The maximum absolute atomic E-state index is 12.8.